The molecule has 0 bridgehead atoms. The fourth-order valence-corrected chi connectivity index (χ4v) is 2.33. The predicted molar refractivity (Wildman–Crippen MR) is 110 cm³/mol. The Labute approximate surface area is 171 Å². The third-order valence-corrected chi connectivity index (χ3v) is 4.62. The molecule has 0 aliphatic heterocycles. The highest BCUT2D eigenvalue weighted by atomic mass is 35.5. The summed E-state index contributed by atoms with van der Waals surface area (Å²) in [6.45, 7) is 6.44. The van der Waals surface area contributed by atoms with Gasteiger partial charge >= 0.3 is 0 Å². The van der Waals surface area contributed by atoms with Gasteiger partial charge in [-0.25, -0.2) is 4.98 Å². The molecule has 1 atom stereocenters. The molecule has 0 spiro atoms. The summed E-state index contributed by atoms with van der Waals surface area (Å²) in [4.78, 5) is 16.4. The quantitative estimate of drug-likeness (QED) is 0.698. The maximum atomic E-state index is 12.2. The van der Waals surface area contributed by atoms with Gasteiger partial charge in [-0.05, 0) is 37.1 Å². The molecule has 26 heavy (non-hydrogen) atoms. The highest BCUT2D eigenvalue weighted by Gasteiger charge is 2.28. The zero-order valence-electron chi connectivity index (χ0n) is 15.1. The smallest absolute Gasteiger partial charge is 0.220 e. The van der Waals surface area contributed by atoms with Gasteiger partial charge in [0, 0.05) is 30.0 Å². The van der Waals surface area contributed by atoms with Crippen molar-refractivity contribution in [1.29, 1.82) is 0 Å². The second-order valence-electron chi connectivity index (χ2n) is 6.45. The average molecular weight is 423 g/mol. The SMILES string of the molecule is CC(C)C(C)(CN)NC(=O)CCc1ncc(-c2ccc(Cl)cc2)o1.Cl.Cl. The minimum Gasteiger partial charge on any atom is -0.441 e. The fraction of sp³-hybridized carbons (Fsp3) is 0.444. The van der Waals surface area contributed by atoms with E-state index < -0.39 is 5.54 Å². The Hall–Kier alpha value is -1.27. The highest BCUT2D eigenvalue weighted by Crippen LogP contribution is 2.23. The van der Waals surface area contributed by atoms with Gasteiger partial charge in [0.15, 0.2) is 11.7 Å². The summed E-state index contributed by atoms with van der Waals surface area (Å²) in [5, 5.41) is 3.68. The molecule has 1 amide bonds. The predicted octanol–water partition coefficient (Wildman–Crippen LogP) is 4.26. The van der Waals surface area contributed by atoms with Crippen LogP contribution in [0.4, 0.5) is 0 Å². The number of aromatic nitrogens is 1. The summed E-state index contributed by atoms with van der Waals surface area (Å²) < 4.78 is 5.70. The monoisotopic (exact) mass is 421 g/mol. The van der Waals surface area contributed by atoms with E-state index in [1.165, 1.54) is 0 Å². The molecule has 2 rings (SSSR count). The van der Waals surface area contributed by atoms with E-state index in [4.69, 9.17) is 21.8 Å². The van der Waals surface area contributed by atoms with E-state index in [0.29, 0.717) is 36.1 Å². The van der Waals surface area contributed by atoms with Crippen LogP contribution in [0.5, 0.6) is 0 Å². The summed E-state index contributed by atoms with van der Waals surface area (Å²) in [6, 6.07) is 7.33. The second kappa shape index (κ2) is 10.8. The van der Waals surface area contributed by atoms with Gasteiger partial charge < -0.3 is 15.5 Å². The third kappa shape index (κ3) is 6.47. The Morgan fingerprint density at radius 1 is 1.31 bits per heavy atom. The molecule has 0 saturated heterocycles. The van der Waals surface area contributed by atoms with Crippen molar-refractivity contribution in [2.75, 3.05) is 6.54 Å². The third-order valence-electron chi connectivity index (χ3n) is 4.37. The van der Waals surface area contributed by atoms with Crippen LogP contribution in [0.25, 0.3) is 11.3 Å². The molecule has 0 radical (unpaired) electrons. The van der Waals surface area contributed by atoms with Crippen molar-refractivity contribution >= 4 is 42.3 Å². The molecule has 8 heteroatoms. The molecule has 0 fully saturated rings. The lowest BCUT2D eigenvalue weighted by atomic mass is 9.88. The van der Waals surface area contributed by atoms with Gasteiger partial charge in [0.05, 0.1) is 11.7 Å². The van der Waals surface area contributed by atoms with Crippen LogP contribution in [0.1, 0.15) is 33.1 Å². The van der Waals surface area contributed by atoms with E-state index in [1.54, 1.807) is 18.3 Å². The molecule has 5 nitrogen and oxygen atoms in total. The maximum Gasteiger partial charge on any atom is 0.220 e. The number of hydrogen-bond acceptors (Lipinski definition) is 4. The molecule has 146 valence electrons. The Balaban J connectivity index is 0.00000312. The zero-order chi connectivity index (χ0) is 17.7. The Kier molecular flexibility index (Phi) is 10.2. The number of amides is 1. The number of hydrogen-bond donors (Lipinski definition) is 2. The van der Waals surface area contributed by atoms with E-state index in [-0.39, 0.29) is 36.6 Å². The molecule has 1 unspecified atom stereocenters. The van der Waals surface area contributed by atoms with Crippen LogP contribution in [0, 0.1) is 5.92 Å². The Morgan fingerprint density at radius 3 is 2.46 bits per heavy atom. The van der Waals surface area contributed by atoms with Gasteiger partial charge in [0.2, 0.25) is 5.91 Å². The molecule has 0 aliphatic rings. The molecule has 1 aromatic carbocycles. The first kappa shape index (κ1) is 24.7. The maximum absolute atomic E-state index is 12.2. The van der Waals surface area contributed by atoms with Gasteiger partial charge in [-0.15, -0.1) is 24.8 Å². The van der Waals surface area contributed by atoms with Gasteiger partial charge in [0.25, 0.3) is 0 Å². The van der Waals surface area contributed by atoms with Crippen LogP contribution in [0.15, 0.2) is 34.9 Å². The van der Waals surface area contributed by atoms with E-state index in [9.17, 15) is 4.79 Å². The molecule has 3 N–H and O–H groups in total. The minimum atomic E-state index is -0.401. The number of halogens is 3. The van der Waals surface area contributed by atoms with Gasteiger partial charge in [-0.2, -0.15) is 0 Å². The number of nitrogens with two attached hydrogens (primary N) is 1. The van der Waals surface area contributed by atoms with E-state index >= 15 is 0 Å². The van der Waals surface area contributed by atoms with E-state index in [1.807, 2.05) is 32.9 Å². The normalized spacial score (nSPS) is 12.7. The second-order valence-corrected chi connectivity index (χ2v) is 6.89. The fourth-order valence-electron chi connectivity index (χ4n) is 2.21. The number of aryl methyl sites for hydroxylation is 1. The van der Waals surface area contributed by atoms with Crippen molar-refractivity contribution < 1.29 is 9.21 Å². The standard InChI is InChI=1S/C18H24ClN3O2.2ClH/c1-12(2)18(3,11-20)22-16(23)8-9-17-21-10-15(24-17)13-4-6-14(19)7-5-13;;/h4-7,10,12H,8-9,11,20H2,1-3H3,(H,22,23);2*1H. The highest BCUT2D eigenvalue weighted by molar-refractivity contribution is 6.30. The number of nitrogens with zero attached hydrogens (tertiary/aromatic N) is 1. The lowest BCUT2D eigenvalue weighted by molar-refractivity contribution is -0.123. The zero-order valence-corrected chi connectivity index (χ0v) is 17.5. The van der Waals surface area contributed by atoms with Crippen molar-refractivity contribution in [2.45, 2.75) is 39.2 Å². The minimum absolute atomic E-state index is 0. The number of rotatable bonds is 7. The lowest BCUT2D eigenvalue weighted by Gasteiger charge is -2.33. The van der Waals surface area contributed by atoms with Crippen molar-refractivity contribution in [3.05, 3.63) is 41.4 Å². The molecule has 1 heterocycles. The number of carbonyl (C=O) groups is 1. The van der Waals surface area contributed by atoms with Gasteiger partial charge in [0.1, 0.15) is 0 Å². The van der Waals surface area contributed by atoms with Crippen LogP contribution in [-0.2, 0) is 11.2 Å². The molecule has 2 aromatic rings. The average Bonchev–Trinajstić information content (AvgIpc) is 3.02. The van der Waals surface area contributed by atoms with Gasteiger partial charge in [-0.1, -0.05) is 25.4 Å². The van der Waals surface area contributed by atoms with Crippen molar-refractivity contribution in [3.63, 3.8) is 0 Å². The van der Waals surface area contributed by atoms with Crippen molar-refractivity contribution in [3.8, 4) is 11.3 Å². The van der Waals surface area contributed by atoms with Crippen LogP contribution in [0.3, 0.4) is 0 Å². The van der Waals surface area contributed by atoms with Crippen LogP contribution in [-0.4, -0.2) is 23.0 Å². The molecular weight excluding hydrogens is 397 g/mol. The first-order valence-corrected chi connectivity index (χ1v) is 8.43. The summed E-state index contributed by atoms with van der Waals surface area (Å²) in [5.41, 5.74) is 6.29. The first-order valence-electron chi connectivity index (χ1n) is 8.06. The Bertz CT molecular complexity index is 689. The van der Waals surface area contributed by atoms with Crippen molar-refractivity contribution in [2.24, 2.45) is 11.7 Å². The number of carbonyl (C=O) groups excluding carboxylic acids is 1. The number of nitrogens with one attached hydrogen (secondary N) is 1. The Morgan fingerprint density at radius 2 is 1.92 bits per heavy atom. The molecule has 1 aromatic heterocycles. The van der Waals surface area contributed by atoms with Crippen molar-refractivity contribution in [1.82, 2.24) is 10.3 Å². The first-order chi connectivity index (χ1) is 11.3. The number of oxazole rings is 1. The summed E-state index contributed by atoms with van der Waals surface area (Å²) in [7, 11) is 0. The van der Waals surface area contributed by atoms with Crippen LogP contribution >= 0.6 is 36.4 Å². The van der Waals surface area contributed by atoms with Crippen LogP contribution in [0.2, 0.25) is 5.02 Å². The topological polar surface area (TPSA) is 81.1 Å². The summed E-state index contributed by atoms with van der Waals surface area (Å²) in [6.07, 6.45) is 2.41. The largest absolute Gasteiger partial charge is 0.441 e. The molecule has 0 saturated carbocycles. The summed E-state index contributed by atoms with van der Waals surface area (Å²) >= 11 is 5.88. The molecular formula is C18H26Cl3N3O2. The number of benzene rings is 1. The van der Waals surface area contributed by atoms with E-state index in [2.05, 4.69) is 10.3 Å². The lowest BCUT2D eigenvalue weighted by Crippen LogP contribution is -2.55. The molecule has 0 aliphatic carbocycles. The summed E-state index contributed by atoms with van der Waals surface area (Å²) in [5.74, 6) is 1.40. The van der Waals surface area contributed by atoms with Crippen LogP contribution < -0.4 is 11.1 Å². The van der Waals surface area contributed by atoms with Gasteiger partial charge in [-0.3, -0.25) is 4.79 Å². The van der Waals surface area contributed by atoms with E-state index in [0.717, 1.165) is 5.56 Å².